The average molecular weight is 330 g/mol. The highest BCUT2D eigenvalue weighted by Crippen LogP contribution is 2.24. The first-order valence-electron chi connectivity index (χ1n) is 9.06. The molecule has 4 rings (SSSR count). The SMILES string of the molecule is CN(C(=O)Nc1cnc2c(c1)CCCC2)[C@@H]1CCN2CCO[C@H]1C2. The standard InChI is InChI=1S/C18H26N4O2/c1-21(16-6-7-22-8-9-24-17(16)12-22)18(23)20-14-10-13-4-2-3-5-15(13)19-11-14/h10-11,16-17H,2-9,12H2,1H3,(H,20,23)/t16-,17+/m1/s1. The first kappa shape index (κ1) is 15.8. The van der Waals surface area contributed by atoms with Crippen LogP contribution >= 0.6 is 0 Å². The van der Waals surface area contributed by atoms with Gasteiger partial charge in [-0.05, 0) is 43.7 Å². The van der Waals surface area contributed by atoms with E-state index in [9.17, 15) is 4.79 Å². The Labute approximate surface area is 143 Å². The van der Waals surface area contributed by atoms with Crippen LogP contribution in [0, 0.1) is 0 Å². The number of fused-ring (bicyclic) bond motifs is 3. The van der Waals surface area contributed by atoms with Gasteiger partial charge in [0.2, 0.25) is 0 Å². The number of carbonyl (C=O) groups is 1. The summed E-state index contributed by atoms with van der Waals surface area (Å²) in [6.45, 7) is 3.76. The number of carbonyl (C=O) groups excluding carboxylic acids is 1. The molecule has 0 radical (unpaired) electrons. The lowest BCUT2D eigenvalue weighted by molar-refractivity contribution is -0.0878. The molecule has 6 heteroatoms. The molecule has 2 amide bonds. The molecule has 130 valence electrons. The number of likely N-dealkylation sites (N-methyl/N-ethyl adjacent to an activating group) is 1. The third-order valence-corrected chi connectivity index (χ3v) is 5.59. The summed E-state index contributed by atoms with van der Waals surface area (Å²) in [4.78, 5) is 21.4. The molecule has 3 aliphatic rings. The zero-order valence-corrected chi connectivity index (χ0v) is 14.3. The van der Waals surface area contributed by atoms with Crippen molar-refractivity contribution in [2.75, 3.05) is 38.6 Å². The largest absolute Gasteiger partial charge is 0.373 e. The molecule has 3 heterocycles. The predicted octanol–water partition coefficient (Wildman–Crippen LogP) is 1.90. The van der Waals surface area contributed by atoms with Crippen molar-refractivity contribution in [3.63, 3.8) is 0 Å². The van der Waals surface area contributed by atoms with Gasteiger partial charge in [0, 0.05) is 32.4 Å². The molecule has 0 spiro atoms. The monoisotopic (exact) mass is 330 g/mol. The van der Waals surface area contributed by atoms with Crippen LogP contribution in [0.4, 0.5) is 10.5 Å². The van der Waals surface area contributed by atoms with Crippen LogP contribution in [0.15, 0.2) is 12.3 Å². The fourth-order valence-corrected chi connectivity index (χ4v) is 4.13. The van der Waals surface area contributed by atoms with Crippen LogP contribution in [-0.2, 0) is 17.6 Å². The Kier molecular flexibility index (Phi) is 4.41. The van der Waals surface area contributed by atoms with Crippen molar-refractivity contribution in [2.45, 2.75) is 44.2 Å². The Morgan fingerprint density at radius 2 is 2.25 bits per heavy atom. The smallest absolute Gasteiger partial charge is 0.321 e. The molecule has 1 aromatic rings. The van der Waals surface area contributed by atoms with Gasteiger partial charge in [-0.15, -0.1) is 0 Å². The maximum absolute atomic E-state index is 12.7. The van der Waals surface area contributed by atoms with Crippen molar-refractivity contribution in [3.8, 4) is 0 Å². The fraction of sp³-hybridized carbons (Fsp3) is 0.667. The molecule has 2 fully saturated rings. The number of morpholine rings is 1. The lowest BCUT2D eigenvalue weighted by atomic mass is 9.96. The second-order valence-electron chi connectivity index (χ2n) is 7.14. The van der Waals surface area contributed by atoms with Gasteiger partial charge in [0.05, 0.1) is 30.6 Å². The molecule has 2 bridgehead atoms. The van der Waals surface area contributed by atoms with E-state index in [1.165, 1.54) is 24.1 Å². The van der Waals surface area contributed by atoms with E-state index in [1.807, 2.05) is 11.9 Å². The van der Waals surface area contributed by atoms with Crippen molar-refractivity contribution in [1.29, 1.82) is 0 Å². The van der Waals surface area contributed by atoms with Crippen LogP contribution in [0.25, 0.3) is 0 Å². The minimum absolute atomic E-state index is 0.0693. The third kappa shape index (κ3) is 3.13. The van der Waals surface area contributed by atoms with Crippen LogP contribution in [0.2, 0.25) is 0 Å². The normalized spacial score (nSPS) is 28.8. The number of piperidine rings is 1. The average Bonchev–Trinajstić information content (AvgIpc) is 2.61. The molecule has 0 saturated carbocycles. The Bertz CT molecular complexity index is 621. The molecule has 1 aromatic heterocycles. The molecule has 1 unspecified atom stereocenters. The van der Waals surface area contributed by atoms with Gasteiger partial charge in [-0.3, -0.25) is 9.88 Å². The van der Waals surface area contributed by atoms with Crippen LogP contribution in [0.1, 0.15) is 30.5 Å². The molecule has 3 atom stereocenters. The zero-order valence-electron chi connectivity index (χ0n) is 14.3. The van der Waals surface area contributed by atoms with Gasteiger partial charge in [0.25, 0.3) is 0 Å². The summed E-state index contributed by atoms with van der Waals surface area (Å²) in [5.41, 5.74) is 3.27. The van der Waals surface area contributed by atoms with Crippen molar-refractivity contribution < 1.29 is 9.53 Å². The maximum Gasteiger partial charge on any atom is 0.321 e. The molecule has 24 heavy (non-hydrogen) atoms. The van der Waals surface area contributed by atoms with Crippen LogP contribution in [0.3, 0.4) is 0 Å². The Morgan fingerprint density at radius 3 is 3.17 bits per heavy atom. The van der Waals surface area contributed by atoms with Crippen LogP contribution in [0.5, 0.6) is 0 Å². The summed E-state index contributed by atoms with van der Waals surface area (Å²) < 4.78 is 5.88. The maximum atomic E-state index is 12.7. The van der Waals surface area contributed by atoms with Crippen molar-refractivity contribution in [1.82, 2.24) is 14.8 Å². The fourth-order valence-electron chi connectivity index (χ4n) is 4.13. The number of aryl methyl sites for hydroxylation is 2. The second kappa shape index (κ2) is 6.69. The van der Waals surface area contributed by atoms with Crippen LogP contribution < -0.4 is 5.32 Å². The number of aromatic nitrogens is 1. The zero-order chi connectivity index (χ0) is 16.5. The number of anilines is 1. The van der Waals surface area contributed by atoms with E-state index < -0.39 is 0 Å². The third-order valence-electron chi connectivity index (χ3n) is 5.59. The quantitative estimate of drug-likeness (QED) is 0.900. The first-order chi connectivity index (χ1) is 11.7. The molecule has 2 aliphatic heterocycles. The summed E-state index contributed by atoms with van der Waals surface area (Å²) in [6, 6.07) is 2.17. The molecule has 6 nitrogen and oxygen atoms in total. The topological polar surface area (TPSA) is 57.7 Å². The molecular weight excluding hydrogens is 304 g/mol. The highest BCUT2D eigenvalue weighted by atomic mass is 16.5. The Morgan fingerprint density at radius 1 is 1.38 bits per heavy atom. The van der Waals surface area contributed by atoms with Gasteiger partial charge < -0.3 is 15.0 Å². The second-order valence-corrected chi connectivity index (χ2v) is 7.14. The highest BCUT2D eigenvalue weighted by molar-refractivity contribution is 5.89. The Balaban J connectivity index is 1.42. The van der Waals surface area contributed by atoms with Crippen molar-refractivity contribution in [3.05, 3.63) is 23.5 Å². The number of nitrogens with zero attached hydrogens (tertiary/aromatic N) is 3. The molecule has 1 N–H and O–H groups in total. The number of rotatable bonds is 2. The summed E-state index contributed by atoms with van der Waals surface area (Å²) in [6.07, 6.45) is 7.44. The van der Waals surface area contributed by atoms with E-state index in [4.69, 9.17) is 4.74 Å². The predicted molar refractivity (Wildman–Crippen MR) is 92.2 cm³/mol. The van der Waals surface area contributed by atoms with Crippen LogP contribution in [-0.4, -0.2) is 66.2 Å². The summed E-state index contributed by atoms with van der Waals surface area (Å²) in [5.74, 6) is 0. The van der Waals surface area contributed by atoms with E-state index in [-0.39, 0.29) is 18.2 Å². The Hall–Kier alpha value is -1.66. The van der Waals surface area contributed by atoms with Gasteiger partial charge in [-0.1, -0.05) is 0 Å². The number of nitrogens with one attached hydrogen (secondary N) is 1. The van der Waals surface area contributed by atoms with E-state index in [0.29, 0.717) is 0 Å². The first-order valence-corrected chi connectivity index (χ1v) is 9.06. The minimum Gasteiger partial charge on any atom is -0.373 e. The molecule has 1 aliphatic carbocycles. The van der Waals surface area contributed by atoms with E-state index in [2.05, 4.69) is 21.3 Å². The summed E-state index contributed by atoms with van der Waals surface area (Å²) in [5, 5.41) is 3.02. The van der Waals surface area contributed by atoms with Gasteiger partial charge in [0.15, 0.2) is 0 Å². The number of ether oxygens (including phenoxy) is 1. The number of amides is 2. The van der Waals surface area contributed by atoms with E-state index in [1.54, 1.807) is 6.20 Å². The van der Waals surface area contributed by atoms with Gasteiger partial charge in [-0.2, -0.15) is 0 Å². The summed E-state index contributed by atoms with van der Waals surface area (Å²) in [7, 11) is 1.87. The van der Waals surface area contributed by atoms with Gasteiger partial charge in [-0.25, -0.2) is 4.79 Å². The molecule has 0 aromatic carbocycles. The lowest BCUT2D eigenvalue weighted by Gasteiger charge is -2.45. The number of hydrogen-bond acceptors (Lipinski definition) is 4. The highest BCUT2D eigenvalue weighted by Gasteiger charge is 2.36. The lowest BCUT2D eigenvalue weighted by Crippen LogP contribution is -2.59. The number of pyridine rings is 1. The number of hydrogen-bond donors (Lipinski definition) is 1. The van der Waals surface area contributed by atoms with E-state index in [0.717, 1.165) is 51.2 Å². The number of urea groups is 1. The van der Waals surface area contributed by atoms with Crippen molar-refractivity contribution >= 4 is 11.7 Å². The molecule has 2 saturated heterocycles. The van der Waals surface area contributed by atoms with Gasteiger partial charge >= 0.3 is 6.03 Å². The van der Waals surface area contributed by atoms with E-state index >= 15 is 0 Å². The van der Waals surface area contributed by atoms with Gasteiger partial charge in [0.1, 0.15) is 0 Å². The summed E-state index contributed by atoms with van der Waals surface area (Å²) >= 11 is 0. The minimum atomic E-state index is -0.0693. The molecular formula is C18H26N4O2. The van der Waals surface area contributed by atoms with Crippen molar-refractivity contribution in [2.24, 2.45) is 0 Å².